The van der Waals surface area contributed by atoms with Gasteiger partial charge in [0, 0.05) is 33.1 Å². The summed E-state index contributed by atoms with van der Waals surface area (Å²) in [6.07, 6.45) is 0. The molecular weight excluding hydrogens is 474 g/mol. The maximum atomic E-state index is 13.2. The topological polar surface area (TPSA) is 116 Å². The number of nitrogen functional groups attached to an aromatic ring is 1. The third-order valence-corrected chi connectivity index (χ3v) is 6.17. The highest BCUT2D eigenvalue weighted by molar-refractivity contribution is 6.22. The maximum Gasteiger partial charge on any atom is 0.259 e. The number of hydrogen-bond donors (Lipinski definition) is 4. The second kappa shape index (κ2) is 10.4. The first-order valence-electron chi connectivity index (χ1n) is 12.4. The summed E-state index contributed by atoms with van der Waals surface area (Å²) in [5.74, 6) is -0.692. The Balaban J connectivity index is 0.00000144. The zero-order chi connectivity index (χ0) is 26.6. The smallest absolute Gasteiger partial charge is 0.259 e. The van der Waals surface area contributed by atoms with Crippen molar-refractivity contribution in [2.45, 2.75) is 13.8 Å². The SMILES string of the molecule is CC.Nc1ccc(N=Nc2c(O)c(C(=O)Nc3ccccc3)cc3ccc4c5ccccc5[nH]c4c23)cc1. The molecule has 5 aromatic carbocycles. The van der Waals surface area contributed by atoms with Crippen LogP contribution < -0.4 is 11.1 Å². The first-order valence-corrected chi connectivity index (χ1v) is 12.4. The summed E-state index contributed by atoms with van der Waals surface area (Å²) in [7, 11) is 0. The van der Waals surface area contributed by atoms with Gasteiger partial charge in [-0.3, -0.25) is 4.79 Å². The van der Waals surface area contributed by atoms with Crippen LogP contribution in [-0.2, 0) is 0 Å². The van der Waals surface area contributed by atoms with Crippen LogP contribution in [0, 0.1) is 0 Å². The van der Waals surface area contributed by atoms with E-state index in [2.05, 4.69) is 20.5 Å². The molecule has 7 nitrogen and oxygen atoms in total. The number of phenols is 1. The number of nitrogens with one attached hydrogen (secondary N) is 2. The standard InChI is InChI=1S/C29H21N5O2.C2H6/c30-18-11-13-20(14-12-18)33-34-27-25-17(10-15-22-21-8-4-5-9-24(21)32-26(22)25)16-23(28(27)35)29(36)31-19-6-2-1-3-7-19;1-2/h1-16,32,35H,30H2,(H,31,36);1-2H3. The molecule has 38 heavy (non-hydrogen) atoms. The summed E-state index contributed by atoms with van der Waals surface area (Å²) in [6.45, 7) is 4.00. The molecule has 188 valence electrons. The molecule has 1 heterocycles. The molecule has 0 saturated carbocycles. The van der Waals surface area contributed by atoms with E-state index in [0.717, 1.165) is 27.2 Å². The first-order chi connectivity index (χ1) is 18.6. The van der Waals surface area contributed by atoms with E-state index >= 15 is 0 Å². The van der Waals surface area contributed by atoms with Gasteiger partial charge in [0.2, 0.25) is 0 Å². The lowest BCUT2D eigenvalue weighted by Gasteiger charge is -2.12. The molecule has 1 amide bonds. The van der Waals surface area contributed by atoms with E-state index in [0.29, 0.717) is 22.4 Å². The number of carbonyl (C=O) groups excluding carboxylic acids is 1. The molecule has 0 aliphatic carbocycles. The van der Waals surface area contributed by atoms with Crippen LogP contribution in [0.5, 0.6) is 5.75 Å². The van der Waals surface area contributed by atoms with Gasteiger partial charge < -0.3 is 21.1 Å². The fourth-order valence-electron chi connectivity index (χ4n) is 4.42. The maximum absolute atomic E-state index is 13.2. The second-order valence-electron chi connectivity index (χ2n) is 8.49. The van der Waals surface area contributed by atoms with Crippen molar-refractivity contribution in [3.63, 3.8) is 0 Å². The molecule has 5 N–H and O–H groups in total. The van der Waals surface area contributed by atoms with E-state index in [1.807, 2.05) is 68.4 Å². The van der Waals surface area contributed by atoms with Crippen molar-refractivity contribution in [1.82, 2.24) is 4.98 Å². The molecular formula is C31H27N5O2. The van der Waals surface area contributed by atoms with Crippen molar-refractivity contribution in [3.8, 4) is 5.75 Å². The minimum Gasteiger partial charge on any atom is -0.505 e. The van der Waals surface area contributed by atoms with Gasteiger partial charge in [0.1, 0.15) is 5.69 Å². The van der Waals surface area contributed by atoms with Crippen LogP contribution in [-0.4, -0.2) is 16.0 Å². The second-order valence-corrected chi connectivity index (χ2v) is 8.49. The Kier molecular flexibility index (Phi) is 6.74. The minimum absolute atomic E-state index is 0.105. The number of nitrogens with two attached hydrogens (primary N) is 1. The van der Waals surface area contributed by atoms with E-state index < -0.39 is 5.91 Å². The van der Waals surface area contributed by atoms with Gasteiger partial charge in [0.05, 0.1) is 16.8 Å². The van der Waals surface area contributed by atoms with Crippen LogP contribution in [0.25, 0.3) is 32.6 Å². The van der Waals surface area contributed by atoms with E-state index in [1.165, 1.54) is 0 Å². The Morgan fingerprint density at radius 1 is 0.842 bits per heavy atom. The van der Waals surface area contributed by atoms with E-state index in [1.54, 1.807) is 42.5 Å². The number of aromatic amines is 1. The predicted octanol–water partition coefficient (Wildman–Crippen LogP) is 8.46. The number of nitrogens with zero attached hydrogens (tertiary/aromatic N) is 2. The number of amides is 1. The molecule has 1 aromatic heterocycles. The van der Waals surface area contributed by atoms with Gasteiger partial charge in [-0.05, 0) is 53.9 Å². The van der Waals surface area contributed by atoms with Crippen molar-refractivity contribution in [3.05, 3.63) is 103 Å². The van der Waals surface area contributed by atoms with Gasteiger partial charge in [-0.1, -0.05) is 62.4 Å². The molecule has 0 spiro atoms. The molecule has 0 aliphatic rings. The van der Waals surface area contributed by atoms with E-state index in [4.69, 9.17) is 5.73 Å². The quantitative estimate of drug-likeness (QED) is 0.143. The number of azo groups is 1. The van der Waals surface area contributed by atoms with Crippen molar-refractivity contribution >= 4 is 61.2 Å². The van der Waals surface area contributed by atoms with Crippen molar-refractivity contribution < 1.29 is 9.90 Å². The molecule has 6 rings (SSSR count). The molecule has 0 aliphatic heterocycles. The number of aromatic hydroxyl groups is 1. The molecule has 0 fully saturated rings. The van der Waals surface area contributed by atoms with Crippen molar-refractivity contribution in [2.24, 2.45) is 10.2 Å². The summed E-state index contributed by atoms with van der Waals surface area (Å²) in [6, 6.07) is 29.6. The Bertz CT molecular complexity index is 1790. The van der Waals surface area contributed by atoms with E-state index in [9.17, 15) is 9.90 Å². The monoisotopic (exact) mass is 501 g/mol. The summed E-state index contributed by atoms with van der Waals surface area (Å²) in [4.78, 5) is 16.6. The third-order valence-electron chi connectivity index (χ3n) is 6.17. The summed E-state index contributed by atoms with van der Waals surface area (Å²) in [5, 5.41) is 26.4. The fourth-order valence-corrected chi connectivity index (χ4v) is 4.42. The highest BCUT2D eigenvalue weighted by Gasteiger charge is 2.21. The number of benzene rings is 5. The summed E-state index contributed by atoms with van der Waals surface area (Å²) >= 11 is 0. The average molecular weight is 502 g/mol. The molecule has 6 aromatic rings. The molecule has 7 heteroatoms. The number of carbonyl (C=O) groups is 1. The predicted molar refractivity (Wildman–Crippen MR) is 156 cm³/mol. The number of phenolic OH excluding ortho intramolecular Hbond substituents is 1. The Morgan fingerprint density at radius 2 is 1.55 bits per heavy atom. The highest BCUT2D eigenvalue weighted by atomic mass is 16.3. The molecule has 0 radical (unpaired) electrons. The van der Waals surface area contributed by atoms with Gasteiger partial charge in [-0.15, -0.1) is 5.11 Å². The van der Waals surface area contributed by atoms with Gasteiger partial charge in [0.15, 0.2) is 5.75 Å². The van der Waals surface area contributed by atoms with Gasteiger partial charge >= 0.3 is 0 Å². The summed E-state index contributed by atoms with van der Waals surface area (Å²) in [5.41, 5.74) is 9.68. The third kappa shape index (κ3) is 4.53. The summed E-state index contributed by atoms with van der Waals surface area (Å²) < 4.78 is 0. The lowest BCUT2D eigenvalue weighted by atomic mass is 10.00. The minimum atomic E-state index is -0.443. The van der Waals surface area contributed by atoms with Crippen LogP contribution in [0.4, 0.5) is 22.7 Å². The van der Waals surface area contributed by atoms with Crippen molar-refractivity contribution in [1.29, 1.82) is 0 Å². The van der Waals surface area contributed by atoms with Gasteiger partial charge in [0.25, 0.3) is 5.91 Å². The molecule has 0 saturated heterocycles. The zero-order valence-corrected chi connectivity index (χ0v) is 21.1. The molecule has 0 bridgehead atoms. The zero-order valence-electron chi connectivity index (χ0n) is 21.1. The van der Waals surface area contributed by atoms with Crippen LogP contribution in [0.3, 0.4) is 0 Å². The Hall–Kier alpha value is -5.17. The number of hydrogen-bond acceptors (Lipinski definition) is 5. The van der Waals surface area contributed by atoms with Gasteiger partial charge in [-0.2, -0.15) is 5.11 Å². The molecule has 0 unspecified atom stereocenters. The number of H-pyrrole nitrogens is 1. The van der Waals surface area contributed by atoms with Gasteiger partial charge in [-0.25, -0.2) is 0 Å². The highest BCUT2D eigenvalue weighted by Crippen LogP contribution is 2.44. The fraction of sp³-hybridized carbons (Fsp3) is 0.0645. The number of fused-ring (bicyclic) bond motifs is 5. The first kappa shape index (κ1) is 24.5. The van der Waals surface area contributed by atoms with Crippen LogP contribution in [0.1, 0.15) is 24.2 Å². The average Bonchev–Trinajstić information content (AvgIpc) is 3.33. The largest absolute Gasteiger partial charge is 0.505 e. The Labute approximate surface area is 219 Å². The number of anilines is 2. The number of aromatic nitrogens is 1. The Morgan fingerprint density at radius 3 is 2.32 bits per heavy atom. The normalized spacial score (nSPS) is 11.1. The van der Waals surface area contributed by atoms with Crippen LogP contribution in [0.2, 0.25) is 0 Å². The lowest BCUT2D eigenvalue weighted by molar-refractivity contribution is 0.102. The number of para-hydroxylation sites is 2. The van der Waals surface area contributed by atoms with E-state index in [-0.39, 0.29) is 17.0 Å². The van der Waals surface area contributed by atoms with Crippen molar-refractivity contribution in [2.75, 3.05) is 11.1 Å². The number of rotatable bonds is 4. The van der Waals surface area contributed by atoms with Crippen LogP contribution in [0.15, 0.2) is 107 Å². The lowest BCUT2D eigenvalue weighted by Crippen LogP contribution is -2.12. The van der Waals surface area contributed by atoms with Crippen LogP contribution >= 0.6 is 0 Å². The molecule has 0 atom stereocenters.